The third kappa shape index (κ3) is 4.03. The third-order valence-corrected chi connectivity index (χ3v) is 4.67. The Balaban J connectivity index is 2.02. The molecule has 2 aromatic rings. The van der Waals surface area contributed by atoms with Gasteiger partial charge in [0.2, 0.25) is 5.91 Å². The molecule has 23 heavy (non-hydrogen) atoms. The molecule has 0 radical (unpaired) electrons. The number of anilines is 1. The Hall–Kier alpha value is -1.61. The van der Waals surface area contributed by atoms with E-state index in [0.717, 1.165) is 15.3 Å². The highest BCUT2D eigenvalue weighted by molar-refractivity contribution is 7.15. The van der Waals surface area contributed by atoms with Gasteiger partial charge in [0, 0.05) is 11.3 Å². The fourth-order valence-electron chi connectivity index (χ4n) is 1.84. The number of carbonyl (C=O) groups is 1. The van der Waals surface area contributed by atoms with Gasteiger partial charge in [-0.25, -0.2) is 4.98 Å². The van der Waals surface area contributed by atoms with Crippen LogP contribution in [0.3, 0.4) is 0 Å². The molecule has 0 unspecified atom stereocenters. The van der Waals surface area contributed by atoms with Gasteiger partial charge in [0.25, 0.3) is 0 Å². The molecular weight excluding hydrogens is 353 g/mol. The molecule has 5 nitrogen and oxygen atoms in total. The van der Waals surface area contributed by atoms with Gasteiger partial charge in [-0.2, -0.15) is 18.3 Å². The average Bonchev–Trinajstić information content (AvgIpc) is 2.89. The molecule has 10 heteroatoms. The van der Waals surface area contributed by atoms with E-state index in [1.165, 1.54) is 18.3 Å². The molecule has 0 saturated heterocycles. The van der Waals surface area contributed by atoms with Crippen molar-refractivity contribution < 1.29 is 18.0 Å². The lowest BCUT2D eigenvalue weighted by molar-refractivity contribution is -0.141. The van der Waals surface area contributed by atoms with Crippen molar-refractivity contribution in [3.05, 3.63) is 27.0 Å². The van der Waals surface area contributed by atoms with E-state index in [1.54, 1.807) is 0 Å². The molecule has 0 aliphatic carbocycles. The van der Waals surface area contributed by atoms with Crippen LogP contribution in [0.2, 0.25) is 5.02 Å². The number of halogens is 4. The Labute approximate surface area is 139 Å². The Morgan fingerprint density at radius 2 is 2.00 bits per heavy atom. The summed E-state index contributed by atoms with van der Waals surface area (Å²) in [6.07, 6.45) is -4.65. The first kappa shape index (κ1) is 17.7. The van der Waals surface area contributed by atoms with E-state index < -0.39 is 16.9 Å². The normalized spacial score (nSPS) is 11.8. The Kier molecular flexibility index (Phi) is 5.00. The summed E-state index contributed by atoms with van der Waals surface area (Å²) in [7, 11) is 0. The Morgan fingerprint density at radius 1 is 1.35 bits per heavy atom. The number of aryl methyl sites for hydroxylation is 3. The molecule has 0 aliphatic rings. The van der Waals surface area contributed by atoms with Gasteiger partial charge in [-0.05, 0) is 20.8 Å². The van der Waals surface area contributed by atoms with Gasteiger partial charge in [-0.15, -0.1) is 11.3 Å². The smallest absolute Gasteiger partial charge is 0.302 e. The van der Waals surface area contributed by atoms with Gasteiger partial charge in [0.1, 0.15) is 0 Å². The zero-order valence-corrected chi connectivity index (χ0v) is 14.2. The van der Waals surface area contributed by atoms with Crippen LogP contribution in [0.15, 0.2) is 0 Å². The summed E-state index contributed by atoms with van der Waals surface area (Å²) in [5.74, 6) is -0.349. The number of aromatic nitrogens is 3. The minimum atomic E-state index is -4.62. The number of nitrogens with one attached hydrogen (secondary N) is 1. The first-order chi connectivity index (χ1) is 10.6. The zero-order chi connectivity index (χ0) is 17.4. The molecule has 0 spiro atoms. The lowest BCUT2D eigenvalue weighted by Crippen LogP contribution is -2.16. The van der Waals surface area contributed by atoms with Crippen LogP contribution in [0.1, 0.15) is 28.4 Å². The lowest BCUT2D eigenvalue weighted by atomic mass is 10.3. The van der Waals surface area contributed by atoms with Crippen LogP contribution in [0.4, 0.5) is 18.3 Å². The van der Waals surface area contributed by atoms with Gasteiger partial charge < -0.3 is 5.32 Å². The van der Waals surface area contributed by atoms with Crippen molar-refractivity contribution in [2.45, 2.75) is 39.9 Å². The average molecular weight is 367 g/mol. The molecular formula is C13H14ClF3N4OS. The minimum absolute atomic E-state index is 0.00317. The van der Waals surface area contributed by atoms with Crippen LogP contribution >= 0.6 is 22.9 Å². The first-order valence-electron chi connectivity index (χ1n) is 6.63. The highest BCUT2D eigenvalue weighted by Crippen LogP contribution is 2.35. The van der Waals surface area contributed by atoms with Crippen molar-refractivity contribution >= 4 is 34.0 Å². The van der Waals surface area contributed by atoms with Gasteiger partial charge in [0.15, 0.2) is 10.8 Å². The van der Waals surface area contributed by atoms with E-state index in [0.29, 0.717) is 5.13 Å². The highest BCUT2D eigenvalue weighted by atomic mass is 35.5. The van der Waals surface area contributed by atoms with Crippen LogP contribution in [0.5, 0.6) is 0 Å². The molecule has 0 saturated carbocycles. The molecule has 0 bridgehead atoms. The van der Waals surface area contributed by atoms with Crippen molar-refractivity contribution in [3.8, 4) is 0 Å². The second-order valence-corrected chi connectivity index (χ2v) is 6.51. The van der Waals surface area contributed by atoms with Gasteiger partial charge >= 0.3 is 6.18 Å². The third-order valence-electron chi connectivity index (χ3n) is 3.23. The van der Waals surface area contributed by atoms with E-state index in [1.807, 2.05) is 13.8 Å². The summed E-state index contributed by atoms with van der Waals surface area (Å²) in [6.45, 7) is 5.14. The number of hydrogen-bond donors (Lipinski definition) is 1. The Morgan fingerprint density at radius 3 is 2.48 bits per heavy atom. The largest absolute Gasteiger partial charge is 0.436 e. The SMILES string of the molecule is Cc1nc(NC(=O)CCn2nc(C(F)(F)F)c(Cl)c2C)sc1C. The molecule has 2 rings (SSSR count). The molecule has 0 atom stereocenters. The molecule has 0 fully saturated rings. The summed E-state index contributed by atoms with van der Waals surface area (Å²) in [5.41, 5.74) is -0.134. The minimum Gasteiger partial charge on any atom is -0.302 e. The summed E-state index contributed by atoms with van der Waals surface area (Å²) in [6, 6.07) is 0. The first-order valence-corrected chi connectivity index (χ1v) is 7.83. The molecule has 2 heterocycles. The number of rotatable bonds is 4. The monoisotopic (exact) mass is 366 g/mol. The number of alkyl halides is 3. The van der Waals surface area contributed by atoms with E-state index >= 15 is 0 Å². The second-order valence-electron chi connectivity index (χ2n) is 4.93. The van der Waals surface area contributed by atoms with Crippen LogP contribution in [-0.4, -0.2) is 20.7 Å². The summed E-state index contributed by atoms with van der Waals surface area (Å²) < 4.78 is 39.3. The van der Waals surface area contributed by atoms with E-state index in [4.69, 9.17) is 11.6 Å². The molecule has 0 aromatic carbocycles. The van der Waals surface area contributed by atoms with E-state index in [9.17, 15) is 18.0 Å². The molecule has 126 valence electrons. The zero-order valence-electron chi connectivity index (χ0n) is 12.6. The Bertz CT molecular complexity index is 719. The predicted molar refractivity (Wildman–Crippen MR) is 81.8 cm³/mol. The van der Waals surface area contributed by atoms with Crippen molar-refractivity contribution in [1.29, 1.82) is 0 Å². The molecule has 0 aliphatic heterocycles. The topological polar surface area (TPSA) is 59.8 Å². The van der Waals surface area contributed by atoms with Gasteiger partial charge in [-0.1, -0.05) is 11.6 Å². The maximum atomic E-state index is 12.7. The maximum absolute atomic E-state index is 12.7. The second kappa shape index (κ2) is 6.48. The van der Waals surface area contributed by atoms with Gasteiger partial charge in [0.05, 0.1) is 23.0 Å². The summed E-state index contributed by atoms with van der Waals surface area (Å²) >= 11 is 6.99. The quantitative estimate of drug-likeness (QED) is 0.890. The number of thiazole rings is 1. The standard InChI is InChI=1S/C13H14ClF3N4OS/c1-6-8(3)23-12(18-6)19-9(22)4-5-21-7(2)10(14)11(20-21)13(15,16)17/h4-5H2,1-3H3,(H,18,19,22). The fraction of sp³-hybridized carbons (Fsp3) is 0.462. The molecule has 2 aromatic heterocycles. The van der Waals surface area contributed by atoms with Crippen molar-refractivity contribution in [3.63, 3.8) is 0 Å². The lowest BCUT2D eigenvalue weighted by Gasteiger charge is -2.04. The predicted octanol–water partition coefficient (Wildman–Crippen LogP) is 3.97. The van der Waals surface area contributed by atoms with Crippen molar-refractivity contribution in [2.75, 3.05) is 5.32 Å². The van der Waals surface area contributed by atoms with Crippen LogP contribution in [0, 0.1) is 20.8 Å². The number of hydrogen-bond acceptors (Lipinski definition) is 4. The summed E-state index contributed by atoms with van der Waals surface area (Å²) in [4.78, 5) is 17.0. The molecule has 1 amide bonds. The van der Waals surface area contributed by atoms with Crippen molar-refractivity contribution in [1.82, 2.24) is 14.8 Å². The number of amides is 1. The number of nitrogens with zero attached hydrogens (tertiary/aromatic N) is 3. The maximum Gasteiger partial charge on any atom is 0.436 e. The number of carbonyl (C=O) groups excluding carboxylic acids is 1. The van der Waals surface area contributed by atoms with Gasteiger partial charge in [-0.3, -0.25) is 9.48 Å². The van der Waals surface area contributed by atoms with Crippen LogP contribution < -0.4 is 5.32 Å². The van der Waals surface area contributed by atoms with Crippen LogP contribution in [-0.2, 0) is 17.5 Å². The van der Waals surface area contributed by atoms with Crippen LogP contribution in [0.25, 0.3) is 0 Å². The highest BCUT2D eigenvalue weighted by Gasteiger charge is 2.38. The van der Waals surface area contributed by atoms with E-state index in [2.05, 4.69) is 15.4 Å². The molecule has 1 N–H and O–H groups in total. The van der Waals surface area contributed by atoms with E-state index in [-0.39, 0.29) is 24.6 Å². The van der Waals surface area contributed by atoms with Crippen molar-refractivity contribution in [2.24, 2.45) is 0 Å². The fourth-order valence-corrected chi connectivity index (χ4v) is 2.91. The summed E-state index contributed by atoms with van der Waals surface area (Å²) in [5, 5.41) is 6.09.